The molecule has 0 bridgehead atoms. The molecule has 0 radical (unpaired) electrons. The van der Waals surface area contributed by atoms with Gasteiger partial charge in [0, 0.05) is 46.5 Å². The van der Waals surface area contributed by atoms with Gasteiger partial charge in [0.05, 0.1) is 10.8 Å². The molecule has 0 atom stereocenters. The SMILES string of the molecule is CN(C)c1ccc(/C=C(\NC(=O)c2ccccc2)C(=O)Nc2ccc(SCC(=O)c3ccc(Cl)cc3Cl)cc2)cc1. The van der Waals surface area contributed by atoms with E-state index in [1.165, 1.54) is 11.8 Å². The van der Waals surface area contributed by atoms with Crippen molar-refractivity contribution >= 4 is 70.0 Å². The molecule has 0 aliphatic rings. The first-order valence-electron chi connectivity index (χ1n) is 12.6. The third-order valence-corrected chi connectivity index (χ3v) is 7.52. The Kier molecular flexibility index (Phi) is 10.2. The molecule has 0 saturated carbocycles. The monoisotopic (exact) mass is 603 g/mol. The van der Waals surface area contributed by atoms with E-state index >= 15 is 0 Å². The Balaban J connectivity index is 1.45. The summed E-state index contributed by atoms with van der Waals surface area (Å²) in [6.07, 6.45) is 1.63. The van der Waals surface area contributed by atoms with E-state index in [4.69, 9.17) is 23.2 Å². The van der Waals surface area contributed by atoms with Crippen molar-refractivity contribution in [2.45, 2.75) is 4.90 Å². The van der Waals surface area contributed by atoms with E-state index in [2.05, 4.69) is 10.6 Å². The Morgan fingerprint density at radius 2 is 1.54 bits per heavy atom. The first-order chi connectivity index (χ1) is 19.7. The van der Waals surface area contributed by atoms with Gasteiger partial charge < -0.3 is 15.5 Å². The number of Topliss-reactive ketones (excluding diaryl/α,β-unsaturated/α-hetero) is 1. The average Bonchev–Trinajstić information content (AvgIpc) is 2.97. The van der Waals surface area contributed by atoms with Crippen molar-refractivity contribution < 1.29 is 14.4 Å². The molecule has 0 saturated heterocycles. The molecule has 0 spiro atoms. The summed E-state index contributed by atoms with van der Waals surface area (Å²) in [5.74, 6) is -0.789. The van der Waals surface area contributed by atoms with Gasteiger partial charge in [0.15, 0.2) is 5.78 Å². The highest BCUT2D eigenvalue weighted by atomic mass is 35.5. The van der Waals surface area contributed by atoms with E-state index in [0.29, 0.717) is 26.9 Å². The van der Waals surface area contributed by atoms with Crippen LogP contribution in [0.15, 0.2) is 108 Å². The molecule has 0 heterocycles. The van der Waals surface area contributed by atoms with E-state index in [1.807, 2.05) is 61.5 Å². The molecule has 2 N–H and O–H groups in total. The molecule has 4 rings (SSSR count). The minimum atomic E-state index is -0.473. The van der Waals surface area contributed by atoms with E-state index in [9.17, 15) is 14.4 Å². The van der Waals surface area contributed by atoms with Crippen molar-refractivity contribution in [2.75, 3.05) is 30.1 Å². The minimum Gasteiger partial charge on any atom is -0.378 e. The molecule has 2 amide bonds. The third-order valence-electron chi connectivity index (χ3n) is 5.96. The van der Waals surface area contributed by atoms with E-state index < -0.39 is 11.8 Å². The molecular formula is C32H27Cl2N3O3S. The Morgan fingerprint density at radius 3 is 2.17 bits per heavy atom. The Hall–Kier alpha value is -4.04. The van der Waals surface area contributed by atoms with E-state index in [1.54, 1.807) is 60.7 Å². The normalized spacial score (nSPS) is 11.1. The minimum absolute atomic E-state index is 0.0975. The zero-order valence-electron chi connectivity index (χ0n) is 22.4. The van der Waals surface area contributed by atoms with Crippen LogP contribution >= 0.6 is 35.0 Å². The molecule has 4 aromatic carbocycles. The average molecular weight is 605 g/mol. The number of nitrogens with zero attached hydrogens (tertiary/aromatic N) is 1. The first kappa shape index (κ1) is 29.9. The fourth-order valence-electron chi connectivity index (χ4n) is 3.75. The van der Waals surface area contributed by atoms with Crippen molar-refractivity contribution in [3.8, 4) is 0 Å². The summed E-state index contributed by atoms with van der Waals surface area (Å²) < 4.78 is 0. The maximum absolute atomic E-state index is 13.3. The molecule has 208 valence electrons. The highest BCUT2D eigenvalue weighted by Crippen LogP contribution is 2.26. The van der Waals surface area contributed by atoms with Crippen LogP contribution in [0.3, 0.4) is 0 Å². The van der Waals surface area contributed by atoms with Gasteiger partial charge in [0.1, 0.15) is 5.70 Å². The maximum atomic E-state index is 13.3. The quantitative estimate of drug-likeness (QED) is 0.112. The van der Waals surface area contributed by atoms with Gasteiger partial charge in [-0.1, -0.05) is 53.5 Å². The van der Waals surface area contributed by atoms with E-state index in [0.717, 1.165) is 16.1 Å². The lowest BCUT2D eigenvalue weighted by atomic mass is 10.1. The summed E-state index contributed by atoms with van der Waals surface area (Å²) in [5, 5.41) is 6.38. The summed E-state index contributed by atoms with van der Waals surface area (Å²) in [6.45, 7) is 0. The van der Waals surface area contributed by atoms with Gasteiger partial charge in [0.25, 0.3) is 11.8 Å². The van der Waals surface area contributed by atoms with Gasteiger partial charge in [-0.05, 0) is 78.4 Å². The molecule has 0 unspecified atom stereocenters. The first-order valence-corrected chi connectivity index (χ1v) is 14.3. The summed E-state index contributed by atoms with van der Waals surface area (Å²) >= 11 is 13.4. The summed E-state index contributed by atoms with van der Waals surface area (Å²) in [4.78, 5) is 41.6. The van der Waals surface area contributed by atoms with Crippen LogP contribution in [0.2, 0.25) is 10.0 Å². The number of ketones is 1. The number of carbonyl (C=O) groups excluding carboxylic acids is 3. The highest BCUT2D eigenvalue weighted by molar-refractivity contribution is 8.00. The lowest BCUT2D eigenvalue weighted by molar-refractivity contribution is -0.113. The Morgan fingerprint density at radius 1 is 0.854 bits per heavy atom. The van der Waals surface area contributed by atoms with Gasteiger partial charge in [0.2, 0.25) is 0 Å². The van der Waals surface area contributed by atoms with Crippen LogP contribution in [0.5, 0.6) is 0 Å². The van der Waals surface area contributed by atoms with Gasteiger partial charge in [-0.3, -0.25) is 14.4 Å². The van der Waals surface area contributed by atoms with Gasteiger partial charge in [-0.2, -0.15) is 0 Å². The van der Waals surface area contributed by atoms with Crippen molar-refractivity contribution in [2.24, 2.45) is 0 Å². The summed E-state index contributed by atoms with van der Waals surface area (Å²) in [7, 11) is 3.89. The molecular weight excluding hydrogens is 577 g/mol. The topological polar surface area (TPSA) is 78.5 Å². The molecule has 9 heteroatoms. The Bertz CT molecular complexity index is 1570. The molecule has 0 fully saturated rings. The molecule has 0 aliphatic carbocycles. The molecule has 0 aromatic heterocycles. The van der Waals surface area contributed by atoms with Crippen LogP contribution in [0.4, 0.5) is 11.4 Å². The zero-order chi connectivity index (χ0) is 29.4. The van der Waals surface area contributed by atoms with Crippen LogP contribution in [-0.2, 0) is 4.79 Å². The summed E-state index contributed by atoms with van der Waals surface area (Å²) in [5.41, 5.74) is 3.25. The van der Waals surface area contributed by atoms with Crippen LogP contribution in [0.25, 0.3) is 6.08 Å². The van der Waals surface area contributed by atoms with Crippen LogP contribution in [-0.4, -0.2) is 37.4 Å². The lowest BCUT2D eigenvalue weighted by Gasteiger charge is -2.13. The predicted octanol–water partition coefficient (Wildman–Crippen LogP) is 7.44. The lowest BCUT2D eigenvalue weighted by Crippen LogP contribution is -2.30. The number of halogens is 2. The maximum Gasteiger partial charge on any atom is 0.272 e. The smallest absolute Gasteiger partial charge is 0.272 e. The fraction of sp³-hybridized carbons (Fsp3) is 0.0938. The molecule has 4 aromatic rings. The number of anilines is 2. The Labute approximate surface area is 253 Å². The van der Waals surface area contributed by atoms with Crippen LogP contribution in [0, 0.1) is 0 Å². The standard InChI is InChI=1S/C32H27Cl2N3O3S/c1-37(2)25-13-8-21(9-14-25)18-29(36-31(39)22-6-4-3-5-7-22)32(40)35-24-11-15-26(16-12-24)41-20-30(38)27-17-10-23(33)19-28(27)34/h3-19H,20H2,1-2H3,(H,35,40)(H,36,39)/b29-18-. The number of nitrogens with one attached hydrogen (secondary N) is 2. The number of rotatable bonds is 10. The van der Waals surface area contributed by atoms with Crippen molar-refractivity contribution in [3.05, 3.63) is 129 Å². The molecule has 0 aliphatic heterocycles. The van der Waals surface area contributed by atoms with E-state index in [-0.39, 0.29) is 17.2 Å². The second-order valence-electron chi connectivity index (χ2n) is 9.18. The van der Waals surface area contributed by atoms with Crippen LogP contribution in [0.1, 0.15) is 26.3 Å². The van der Waals surface area contributed by atoms with Crippen molar-refractivity contribution in [3.63, 3.8) is 0 Å². The number of carbonyl (C=O) groups is 3. The molecule has 6 nitrogen and oxygen atoms in total. The van der Waals surface area contributed by atoms with Gasteiger partial charge in [-0.15, -0.1) is 11.8 Å². The zero-order valence-corrected chi connectivity index (χ0v) is 24.7. The second kappa shape index (κ2) is 14.0. The van der Waals surface area contributed by atoms with Crippen molar-refractivity contribution in [1.82, 2.24) is 5.32 Å². The third kappa shape index (κ3) is 8.47. The van der Waals surface area contributed by atoms with Crippen molar-refractivity contribution in [1.29, 1.82) is 0 Å². The number of thioether (sulfide) groups is 1. The van der Waals surface area contributed by atoms with Gasteiger partial charge in [-0.25, -0.2) is 0 Å². The predicted molar refractivity (Wildman–Crippen MR) is 169 cm³/mol. The number of hydrogen-bond acceptors (Lipinski definition) is 5. The van der Waals surface area contributed by atoms with Crippen LogP contribution < -0.4 is 15.5 Å². The number of amides is 2. The largest absolute Gasteiger partial charge is 0.378 e. The molecule has 41 heavy (non-hydrogen) atoms. The van der Waals surface area contributed by atoms with Gasteiger partial charge >= 0.3 is 0 Å². The fourth-order valence-corrected chi connectivity index (χ4v) is 5.05. The number of hydrogen-bond donors (Lipinski definition) is 2. The highest BCUT2D eigenvalue weighted by Gasteiger charge is 2.16. The summed E-state index contributed by atoms with van der Waals surface area (Å²) in [6, 6.07) is 28.2. The number of benzene rings is 4. The second-order valence-corrected chi connectivity index (χ2v) is 11.1.